The lowest BCUT2D eigenvalue weighted by Crippen LogP contribution is -2.27. The fourth-order valence-corrected chi connectivity index (χ4v) is 1.76. The van der Waals surface area contributed by atoms with Crippen LogP contribution in [0.1, 0.15) is 15.9 Å². The fourth-order valence-electron chi connectivity index (χ4n) is 1.63. The van der Waals surface area contributed by atoms with E-state index in [9.17, 15) is 4.79 Å². The third-order valence-corrected chi connectivity index (χ3v) is 2.95. The normalized spacial score (nSPS) is 9.95. The Labute approximate surface area is 116 Å². The predicted octanol–water partition coefficient (Wildman–Crippen LogP) is 1.99. The number of carbonyl (C=O) groups excluding carboxylic acids is 1. The van der Waals surface area contributed by atoms with Crippen LogP contribution >= 0.6 is 12.2 Å². The van der Waals surface area contributed by atoms with Gasteiger partial charge in [-0.15, -0.1) is 0 Å². The van der Waals surface area contributed by atoms with E-state index in [0.717, 1.165) is 5.56 Å². The first kappa shape index (κ1) is 13.2. The summed E-state index contributed by atoms with van der Waals surface area (Å²) in [4.78, 5) is 18.2. The molecule has 1 aromatic heterocycles. The Hall–Kier alpha value is -2.27. The van der Waals surface area contributed by atoms with Gasteiger partial charge in [-0.3, -0.25) is 9.69 Å². The van der Waals surface area contributed by atoms with Gasteiger partial charge in [0.1, 0.15) is 10.8 Å². The van der Waals surface area contributed by atoms with Gasteiger partial charge in [0.2, 0.25) is 0 Å². The van der Waals surface area contributed by atoms with Crippen molar-refractivity contribution in [3.05, 3.63) is 59.8 Å². The monoisotopic (exact) mass is 271 g/mol. The molecule has 2 N–H and O–H groups in total. The van der Waals surface area contributed by atoms with Gasteiger partial charge in [-0.1, -0.05) is 30.4 Å². The molecule has 2 aromatic rings. The average molecular weight is 271 g/mol. The molecule has 96 valence electrons. The zero-order chi connectivity index (χ0) is 13.8. The molecule has 0 unspecified atom stereocenters. The second-order valence-electron chi connectivity index (χ2n) is 3.99. The maximum atomic E-state index is 12.2. The number of amides is 1. The van der Waals surface area contributed by atoms with Crippen LogP contribution in [0.4, 0.5) is 5.82 Å². The summed E-state index contributed by atoms with van der Waals surface area (Å²) < 4.78 is 0. The molecule has 0 radical (unpaired) electrons. The van der Waals surface area contributed by atoms with Gasteiger partial charge < -0.3 is 5.73 Å². The quantitative estimate of drug-likeness (QED) is 0.867. The Balaban J connectivity index is 2.22. The van der Waals surface area contributed by atoms with E-state index >= 15 is 0 Å². The third kappa shape index (κ3) is 2.95. The Morgan fingerprint density at radius 1 is 1.16 bits per heavy atom. The molecular formula is C14H13N3OS. The molecule has 0 aliphatic carbocycles. The number of anilines is 1. The molecule has 0 bridgehead atoms. The van der Waals surface area contributed by atoms with Crippen molar-refractivity contribution < 1.29 is 4.79 Å². The molecule has 1 amide bonds. The molecule has 0 saturated heterocycles. The van der Waals surface area contributed by atoms with E-state index in [2.05, 4.69) is 4.98 Å². The lowest BCUT2D eigenvalue weighted by molar-refractivity contribution is 0.0992. The summed E-state index contributed by atoms with van der Waals surface area (Å²) in [6.07, 6.45) is 1.65. The number of benzene rings is 1. The van der Waals surface area contributed by atoms with Gasteiger partial charge in [-0.05, 0) is 24.3 Å². The molecule has 0 spiro atoms. The largest absolute Gasteiger partial charge is 0.389 e. The van der Waals surface area contributed by atoms with E-state index in [1.165, 1.54) is 4.90 Å². The van der Waals surface area contributed by atoms with Crippen LogP contribution in [0.15, 0.2) is 48.7 Å². The van der Waals surface area contributed by atoms with Crippen LogP contribution < -0.4 is 10.6 Å². The molecule has 4 nitrogen and oxygen atoms in total. The van der Waals surface area contributed by atoms with Crippen molar-refractivity contribution >= 4 is 28.9 Å². The molecule has 1 heterocycles. The Morgan fingerprint density at radius 3 is 2.32 bits per heavy atom. The molecule has 1 aromatic carbocycles. The van der Waals surface area contributed by atoms with Crippen LogP contribution in [0, 0.1) is 0 Å². The van der Waals surface area contributed by atoms with Gasteiger partial charge in [0.25, 0.3) is 5.91 Å². The van der Waals surface area contributed by atoms with Crippen LogP contribution in [0.5, 0.6) is 0 Å². The second-order valence-corrected chi connectivity index (χ2v) is 4.43. The first-order chi connectivity index (χ1) is 9.09. The highest BCUT2D eigenvalue weighted by Crippen LogP contribution is 2.12. The lowest BCUT2D eigenvalue weighted by Gasteiger charge is -2.16. The lowest BCUT2D eigenvalue weighted by atomic mass is 10.1. The zero-order valence-corrected chi connectivity index (χ0v) is 11.2. The Morgan fingerprint density at radius 2 is 1.79 bits per heavy atom. The van der Waals surface area contributed by atoms with E-state index in [4.69, 9.17) is 18.0 Å². The highest BCUT2D eigenvalue weighted by molar-refractivity contribution is 7.80. The minimum absolute atomic E-state index is 0.131. The first-order valence-corrected chi connectivity index (χ1v) is 6.09. The number of hydrogen-bond acceptors (Lipinski definition) is 3. The Kier molecular flexibility index (Phi) is 3.87. The van der Waals surface area contributed by atoms with Crippen LogP contribution in [0.2, 0.25) is 0 Å². The first-order valence-electron chi connectivity index (χ1n) is 5.68. The molecule has 2 rings (SSSR count). The summed E-state index contributed by atoms with van der Waals surface area (Å²) >= 11 is 4.87. The zero-order valence-electron chi connectivity index (χ0n) is 10.4. The molecule has 5 heteroatoms. The maximum absolute atomic E-state index is 12.2. The summed E-state index contributed by atoms with van der Waals surface area (Å²) in [5.74, 6) is 0.471. The highest BCUT2D eigenvalue weighted by Gasteiger charge is 2.14. The number of nitrogens with zero attached hydrogens (tertiary/aromatic N) is 2. The number of pyridine rings is 1. The number of thiocarbonyl (C=S) groups is 1. The number of hydrogen-bond donors (Lipinski definition) is 1. The summed E-state index contributed by atoms with van der Waals surface area (Å²) in [7, 11) is 1.69. The van der Waals surface area contributed by atoms with Gasteiger partial charge in [0, 0.05) is 24.4 Å². The van der Waals surface area contributed by atoms with Crippen LogP contribution in [-0.4, -0.2) is 22.9 Å². The number of rotatable bonds is 3. The van der Waals surface area contributed by atoms with Gasteiger partial charge in [0.05, 0.1) is 0 Å². The van der Waals surface area contributed by atoms with Crippen molar-refractivity contribution in [1.82, 2.24) is 4.98 Å². The molecule has 0 aliphatic rings. The van der Waals surface area contributed by atoms with Crippen molar-refractivity contribution in [2.75, 3.05) is 11.9 Å². The van der Waals surface area contributed by atoms with Crippen LogP contribution in [-0.2, 0) is 0 Å². The maximum Gasteiger partial charge on any atom is 0.259 e. The van der Waals surface area contributed by atoms with E-state index < -0.39 is 0 Å². The highest BCUT2D eigenvalue weighted by atomic mass is 32.1. The van der Waals surface area contributed by atoms with Gasteiger partial charge in [0.15, 0.2) is 0 Å². The van der Waals surface area contributed by atoms with Crippen LogP contribution in [0.3, 0.4) is 0 Å². The molecule has 0 fully saturated rings. The van der Waals surface area contributed by atoms with Crippen molar-refractivity contribution in [2.24, 2.45) is 5.73 Å². The summed E-state index contributed by atoms with van der Waals surface area (Å²) in [5, 5.41) is 0. The molecule has 0 aliphatic heterocycles. The second kappa shape index (κ2) is 5.58. The Bertz CT molecular complexity index is 596. The SMILES string of the molecule is CN(C(=O)c1ccc(C(N)=S)cc1)c1ccccn1. The average Bonchev–Trinajstić information content (AvgIpc) is 2.46. The molecular weight excluding hydrogens is 258 g/mol. The van der Waals surface area contributed by atoms with E-state index in [1.807, 2.05) is 6.07 Å². The summed E-state index contributed by atoms with van der Waals surface area (Å²) in [5.41, 5.74) is 6.82. The topological polar surface area (TPSA) is 59.2 Å². The van der Waals surface area contributed by atoms with E-state index in [0.29, 0.717) is 16.4 Å². The fraction of sp³-hybridized carbons (Fsp3) is 0.0714. The van der Waals surface area contributed by atoms with Crippen LogP contribution in [0.25, 0.3) is 0 Å². The standard InChI is InChI=1S/C14H13N3OS/c1-17(12-4-2-3-9-16-12)14(18)11-7-5-10(6-8-11)13(15)19/h2-9H,1H3,(H2,15,19). The third-order valence-electron chi connectivity index (χ3n) is 2.71. The van der Waals surface area contributed by atoms with Crippen molar-refractivity contribution in [1.29, 1.82) is 0 Å². The summed E-state index contributed by atoms with van der Waals surface area (Å²) in [6.45, 7) is 0. The van der Waals surface area contributed by atoms with Gasteiger partial charge in [-0.25, -0.2) is 4.98 Å². The van der Waals surface area contributed by atoms with Crippen molar-refractivity contribution in [2.45, 2.75) is 0 Å². The van der Waals surface area contributed by atoms with Gasteiger partial charge >= 0.3 is 0 Å². The minimum atomic E-state index is -0.131. The number of nitrogens with two attached hydrogens (primary N) is 1. The van der Waals surface area contributed by atoms with E-state index in [1.54, 1.807) is 49.6 Å². The molecule has 0 atom stereocenters. The molecule has 0 saturated carbocycles. The predicted molar refractivity (Wildman–Crippen MR) is 79.3 cm³/mol. The van der Waals surface area contributed by atoms with Crippen molar-refractivity contribution in [3.63, 3.8) is 0 Å². The number of aromatic nitrogens is 1. The molecule has 19 heavy (non-hydrogen) atoms. The van der Waals surface area contributed by atoms with E-state index in [-0.39, 0.29) is 5.91 Å². The van der Waals surface area contributed by atoms with Crippen molar-refractivity contribution in [3.8, 4) is 0 Å². The minimum Gasteiger partial charge on any atom is -0.389 e. The smallest absolute Gasteiger partial charge is 0.259 e. The summed E-state index contributed by atoms with van der Waals surface area (Å²) in [6, 6.07) is 12.3. The number of carbonyl (C=O) groups is 1. The van der Waals surface area contributed by atoms with Gasteiger partial charge in [-0.2, -0.15) is 0 Å².